The van der Waals surface area contributed by atoms with Gasteiger partial charge in [-0.05, 0) is 50.8 Å². The topological polar surface area (TPSA) is 75.4 Å². The van der Waals surface area contributed by atoms with Gasteiger partial charge in [-0.3, -0.25) is 4.79 Å². The van der Waals surface area contributed by atoms with Gasteiger partial charge in [0, 0.05) is 36.5 Å². The summed E-state index contributed by atoms with van der Waals surface area (Å²) in [6.07, 6.45) is 4.10. The number of carbonyl (C=O) groups is 1. The SMILES string of the molecule is Cc1ccc(NC(=O)[C@H]2CCCN(c3c(Cc4ccccc4)c(C)nc4ncnn34)C2)c(C)c1. The number of hydrogen-bond donors (Lipinski definition) is 1. The average molecular weight is 455 g/mol. The van der Waals surface area contributed by atoms with Gasteiger partial charge in [-0.1, -0.05) is 48.0 Å². The minimum atomic E-state index is -0.105. The Morgan fingerprint density at radius 2 is 1.94 bits per heavy atom. The molecule has 2 aromatic heterocycles. The number of aryl methyl sites for hydroxylation is 3. The maximum atomic E-state index is 13.3. The molecule has 1 aliphatic heterocycles. The maximum Gasteiger partial charge on any atom is 0.254 e. The fraction of sp³-hybridized carbons (Fsp3) is 0.333. The van der Waals surface area contributed by atoms with Crippen LogP contribution in [0, 0.1) is 26.7 Å². The number of nitrogens with zero attached hydrogens (tertiary/aromatic N) is 5. The second-order valence-electron chi connectivity index (χ2n) is 9.23. The first-order chi connectivity index (χ1) is 16.5. The van der Waals surface area contributed by atoms with Gasteiger partial charge in [-0.25, -0.2) is 4.98 Å². The smallest absolute Gasteiger partial charge is 0.254 e. The van der Waals surface area contributed by atoms with Crippen molar-refractivity contribution in [3.63, 3.8) is 0 Å². The van der Waals surface area contributed by atoms with E-state index in [9.17, 15) is 4.79 Å². The molecule has 1 atom stereocenters. The van der Waals surface area contributed by atoms with E-state index in [1.54, 1.807) is 6.33 Å². The minimum absolute atomic E-state index is 0.0712. The van der Waals surface area contributed by atoms with E-state index in [1.807, 2.05) is 36.6 Å². The standard InChI is InChI=1S/C27H30N6O/c1-18-11-12-24(19(2)14-18)31-25(34)22-10-7-13-32(16-22)26-23(15-21-8-5-4-6-9-21)20(3)30-27-28-17-29-33(26)27/h4-6,8-9,11-12,14,17,22H,7,10,13,15-16H2,1-3H3,(H,31,34)/t22-/m0/s1. The predicted octanol–water partition coefficient (Wildman–Crippen LogP) is 4.50. The van der Waals surface area contributed by atoms with Crippen LogP contribution in [0.25, 0.3) is 5.78 Å². The first-order valence-electron chi connectivity index (χ1n) is 11.9. The number of aromatic nitrogens is 4. The van der Waals surface area contributed by atoms with Crippen molar-refractivity contribution in [1.29, 1.82) is 0 Å². The summed E-state index contributed by atoms with van der Waals surface area (Å²) in [5.74, 6) is 1.55. The van der Waals surface area contributed by atoms with Crippen LogP contribution in [0.4, 0.5) is 11.5 Å². The van der Waals surface area contributed by atoms with Crippen LogP contribution in [0.1, 0.15) is 40.8 Å². The molecule has 1 saturated heterocycles. The zero-order valence-electron chi connectivity index (χ0n) is 20.0. The third-order valence-electron chi connectivity index (χ3n) is 6.66. The van der Waals surface area contributed by atoms with E-state index in [2.05, 4.69) is 57.6 Å². The second-order valence-corrected chi connectivity index (χ2v) is 9.23. The Balaban J connectivity index is 1.45. The Kier molecular flexibility index (Phi) is 6.01. The molecule has 5 rings (SSSR count). The van der Waals surface area contributed by atoms with Gasteiger partial charge in [-0.15, -0.1) is 0 Å². The highest BCUT2D eigenvalue weighted by Gasteiger charge is 2.30. The summed E-state index contributed by atoms with van der Waals surface area (Å²) in [7, 11) is 0. The molecule has 0 saturated carbocycles. The molecule has 1 amide bonds. The van der Waals surface area contributed by atoms with Crippen molar-refractivity contribution in [2.45, 2.75) is 40.0 Å². The molecule has 0 radical (unpaired) electrons. The van der Waals surface area contributed by atoms with Gasteiger partial charge >= 0.3 is 0 Å². The number of amides is 1. The molecular formula is C27H30N6O. The number of nitrogens with one attached hydrogen (secondary N) is 1. The number of benzene rings is 2. The lowest BCUT2D eigenvalue weighted by atomic mass is 9.95. The Morgan fingerprint density at radius 3 is 2.74 bits per heavy atom. The fourth-order valence-corrected chi connectivity index (χ4v) is 4.87. The molecule has 1 aliphatic rings. The largest absolute Gasteiger partial charge is 0.355 e. The monoisotopic (exact) mass is 454 g/mol. The van der Waals surface area contributed by atoms with Gasteiger partial charge in [-0.2, -0.15) is 14.6 Å². The van der Waals surface area contributed by atoms with Crippen LogP contribution in [0.5, 0.6) is 0 Å². The summed E-state index contributed by atoms with van der Waals surface area (Å²) >= 11 is 0. The van der Waals surface area contributed by atoms with Gasteiger partial charge in [0.05, 0.1) is 5.92 Å². The van der Waals surface area contributed by atoms with Gasteiger partial charge in [0.15, 0.2) is 0 Å². The van der Waals surface area contributed by atoms with Crippen LogP contribution in [0.2, 0.25) is 0 Å². The molecule has 0 bridgehead atoms. The molecule has 1 N–H and O–H groups in total. The molecule has 4 aromatic rings. The van der Waals surface area contributed by atoms with Crippen LogP contribution in [-0.2, 0) is 11.2 Å². The molecule has 174 valence electrons. The van der Waals surface area contributed by atoms with Crippen LogP contribution < -0.4 is 10.2 Å². The van der Waals surface area contributed by atoms with E-state index in [-0.39, 0.29) is 11.8 Å². The number of carbonyl (C=O) groups excluding carboxylic acids is 1. The molecule has 7 heteroatoms. The molecule has 34 heavy (non-hydrogen) atoms. The van der Waals surface area contributed by atoms with Gasteiger partial charge in [0.25, 0.3) is 5.78 Å². The number of rotatable bonds is 5. The molecule has 3 heterocycles. The van der Waals surface area contributed by atoms with Crippen LogP contribution >= 0.6 is 0 Å². The third kappa shape index (κ3) is 4.38. The average Bonchev–Trinajstić information content (AvgIpc) is 3.30. The molecule has 2 aromatic carbocycles. The Bertz CT molecular complexity index is 1330. The van der Waals surface area contributed by atoms with Crippen molar-refractivity contribution >= 4 is 23.2 Å². The summed E-state index contributed by atoms with van der Waals surface area (Å²) in [4.78, 5) is 24.6. The van der Waals surface area contributed by atoms with Gasteiger partial charge in [0.2, 0.25) is 5.91 Å². The fourth-order valence-electron chi connectivity index (χ4n) is 4.87. The molecule has 0 aliphatic carbocycles. The first kappa shape index (κ1) is 22.1. The van der Waals surface area contributed by atoms with Crippen molar-refractivity contribution in [2.24, 2.45) is 5.92 Å². The van der Waals surface area contributed by atoms with Crippen molar-refractivity contribution < 1.29 is 4.79 Å². The Morgan fingerprint density at radius 1 is 1.12 bits per heavy atom. The highest BCUT2D eigenvalue weighted by Crippen LogP contribution is 2.30. The van der Waals surface area contributed by atoms with E-state index in [0.717, 1.165) is 54.1 Å². The Hall–Kier alpha value is -3.74. The summed E-state index contributed by atoms with van der Waals surface area (Å²) in [5.41, 5.74) is 6.45. The number of hydrogen-bond acceptors (Lipinski definition) is 5. The summed E-state index contributed by atoms with van der Waals surface area (Å²) in [6, 6.07) is 16.5. The summed E-state index contributed by atoms with van der Waals surface area (Å²) in [6.45, 7) is 7.63. The van der Waals surface area contributed by atoms with E-state index in [4.69, 9.17) is 4.98 Å². The van der Waals surface area contributed by atoms with Gasteiger partial charge in [0.1, 0.15) is 12.1 Å². The van der Waals surface area contributed by atoms with Crippen molar-refractivity contribution in [2.75, 3.05) is 23.3 Å². The zero-order chi connectivity index (χ0) is 23.7. The molecule has 0 spiro atoms. The quantitative estimate of drug-likeness (QED) is 0.481. The number of fused-ring (bicyclic) bond motifs is 1. The minimum Gasteiger partial charge on any atom is -0.355 e. The molecule has 0 unspecified atom stereocenters. The lowest BCUT2D eigenvalue weighted by molar-refractivity contribution is -0.120. The Labute approximate surface area is 199 Å². The molecule has 7 nitrogen and oxygen atoms in total. The normalized spacial score (nSPS) is 16.1. The lowest BCUT2D eigenvalue weighted by Crippen LogP contribution is -2.42. The van der Waals surface area contributed by atoms with E-state index in [0.29, 0.717) is 12.3 Å². The van der Waals surface area contributed by atoms with E-state index >= 15 is 0 Å². The van der Waals surface area contributed by atoms with Crippen molar-refractivity contribution in [3.05, 3.63) is 82.8 Å². The van der Waals surface area contributed by atoms with Crippen LogP contribution in [0.3, 0.4) is 0 Å². The predicted molar refractivity (Wildman–Crippen MR) is 134 cm³/mol. The maximum absolute atomic E-state index is 13.3. The zero-order valence-corrected chi connectivity index (χ0v) is 20.0. The first-order valence-corrected chi connectivity index (χ1v) is 11.9. The molecular weight excluding hydrogens is 424 g/mol. The number of piperidine rings is 1. The summed E-state index contributed by atoms with van der Waals surface area (Å²) < 4.78 is 1.83. The highest BCUT2D eigenvalue weighted by atomic mass is 16.1. The molecule has 1 fully saturated rings. The summed E-state index contributed by atoms with van der Waals surface area (Å²) in [5, 5.41) is 7.66. The van der Waals surface area contributed by atoms with Gasteiger partial charge < -0.3 is 10.2 Å². The number of anilines is 2. The van der Waals surface area contributed by atoms with Crippen LogP contribution in [-0.4, -0.2) is 38.6 Å². The van der Waals surface area contributed by atoms with Crippen molar-refractivity contribution in [3.8, 4) is 0 Å². The lowest BCUT2D eigenvalue weighted by Gasteiger charge is -2.35. The van der Waals surface area contributed by atoms with Crippen LogP contribution in [0.15, 0.2) is 54.9 Å². The highest BCUT2D eigenvalue weighted by molar-refractivity contribution is 5.93. The van der Waals surface area contributed by atoms with Crippen molar-refractivity contribution in [1.82, 2.24) is 19.6 Å². The van der Waals surface area contributed by atoms with E-state index in [1.165, 1.54) is 11.1 Å². The second kappa shape index (κ2) is 9.25. The third-order valence-corrected chi connectivity index (χ3v) is 6.66. The van der Waals surface area contributed by atoms with E-state index < -0.39 is 0 Å².